The second-order valence-corrected chi connectivity index (χ2v) is 4.01. The molecule has 1 aromatic rings. The van der Waals surface area contributed by atoms with Crippen LogP contribution < -0.4 is 5.32 Å². The van der Waals surface area contributed by atoms with Crippen molar-refractivity contribution in [2.45, 2.75) is 6.04 Å². The molecule has 0 aliphatic carbocycles. The van der Waals surface area contributed by atoms with Crippen LogP contribution in [0.2, 0.25) is 0 Å². The van der Waals surface area contributed by atoms with Crippen molar-refractivity contribution in [2.24, 2.45) is 0 Å². The lowest BCUT2D eigenvalue weighted by Crippen LogP contribution is -2.39. The number of alkyl halides is 1. The second-order valence-electron chi connectivity index (χ2n) is 2.76. The molecule has 0 aliphatic rings. The monoisotopic (exact) mass is 233 g/mol. The summed E-state index contributed by atoms with van der Waals surface area (Å²) in [5.74, 6) is 0.257. The number of amides is 1. The summed E-state index contributed by atoms with van der Waals surface area (Å²) in [6.45, 7) is 0.431. The Kier molecular flexibility index (Phi) is 4.93. The summed E-state index contributed by atoms with van der Waals surface area (Å²) in [6.07, 6.45) is 0. The topological polar surface area (TPSA) is 38.3 Å². The molecule has 0 radical (unpaired) electrons. The Bertz CT molecular complexity index is 276. The van der Waals surface area contributed by atoms with Crippen LogP contribution in [-0.2, 0) is 4.74 Å². The molecule has 0 saturated carbocycles. The summed E-state index contributed by atoms with van der Waals surface area (Å²) in [5, 5.41) is 4.65. The van der Waals surface area contributed by atoms with Crippen LogP contribution in [-0.4, -0.2) is 31.5 Å². The molecule has 1 atom stereocenters. The normalized spacial score (nSPS) is 12.4. The second kappa shape index (κ2) is 6.01. The minimum absolute atomic E-state index is 0.0947. The van der Waals surface area contributed by atoms with Gasteiger partial charge in [0.2, 0.25) is 0 Å². The molecule has 1 N–H and O–H groups in total. The van der Waals surface area contributed by atoms with Gasteiger partial charge >= 0.3 is 0 Å². The summed E-state index contributed by atoms with van der Waals surface area (Å²) in [7, 11) is 1.58. The molecule has 0 fully saturated rings. The van der Waals surface area contributed by atoms with Gasteiger partial charge in [0.05, 0.1) is 17.5 Å². The molecule has 1 unspecified atom stereocenters. The van der Waals surface area contributed by atoms with Crippen molar-refractivity contribution in [3.05, 3.63) is 22.4 Å². The van der Waals surface area contributed by atoms with Crippen LogP contribution in [0.4, 0.5) is 0 Å². The number of nitrogens with one attached hydrogen (secondary N) is 1. The molecular weight excluding hydrogens is 222 g/mol. The van der Waals surface area contributed by atoms with Gasteiger partial charge in [-0.25, -0.2) is 0 Å². The van der Waals surface area contributed by atoms with E-state index in [9.17, 15) is 4.79 Å². The van der Waals surface area contributed by atoms with E-state index in [1.165, 1.54) is 11.3 Å². The minimum atomic E-state index is -0.128. The van der Waals surface area contributed by atoms with Gasteiger partial charge in [-0.05, 0) is 11.4 Å². The smallest absolute Gasteiger partial charge is 0.261 e. The maximum atomic E-state index is 11.5. The molecule has 1 amide bonds. The van der Waals surface area contributed by atoms with Gasteiger partial charge in [-0.15, -0.1) is 22.9 Å². The highest BCUT2D eigenvalue weighted by atomic mass is 35.5. The van der Waals surface area contributed by atoms with Crippen LogP contribution in [0.1, 0.15) is 9.67 Å². The maximum Gasteiger partial charge on any atom is 0.261 e. The van der Waals surface area contributed by atoms with Crippen LogP contribution in [0, 0.1) is 0 Å². The summed E-state index contributed by atoms with van der Waals surface area (Å²) in [4.78, 5) is 12.2. The highest BCUT2D eigenvalue weighted by Gasteiger charge is 2.12. The van der Waals surface area contributed by atoms with Crippen LogP contribution in [0.25, 0.3) is 0 Å². The number of carbonyl (C=O) groups is 1. The zero-order valence-electron chi connectivity index (χ0n) is 7.83. The summed E-state index contributed by atoms with van der Waals surface area (Å²) in [6, 6.07) is 3.49. The van der Waals surface area contributed by atoms with E-state index in [1.807, 2.05) is 11.4 Å². The van der Waals surface area contributed by atoms with Crippen molar-refractivity contribution in [2.75, 3.05) is 19.6 Å². The van der Waals surface area contributed by atoms with Crippen LogP contribution in [0.15, 0.2) is 17.5 Å². The molecule has 0 aliphatic heterocycles. The predicted molar refractivity (Wildman–Crippen MR) is 58.2 cm³/mol. The molecule has 14 heavy (non-hydrogen) atoms. The third-order valence-corrected chi connectivity index (χ3v) is 2.88. The van der Waals surface area contributed by atoms with Crippen molar-refractivity contribution >= 4 is 28.8 Å². The Morgan fingerprint density at radius 1 is 1.79 bits per heavy atom. The molecule has 78 valence electrons. The highest BCUT2D eigenvalue weighted by molar-refractivity contribution is 7.12. The standard InChI is InChI=1S/C9H12ClNO2S/c1-13-6-7(5-10)11-9(12)8-3-2-4-14-8/h2-4,7H,5-6H2,1H3,(H,11,12). The first-order chi connectivity index (χ1) is 6.77. The fourth-order valence-corrected chi connectivity index (χ4v) is 1.78. The Balaban J connectivity index is 2.47. The molecule has 1 aromatic heterocycles. The van der Waals surface area contributed by atoms with E-state index < -0.39 is 0 Å². The quantitative estimate of drug-likeness (QED) is 0.787. The third-order valence-electron chi connectivity index (χ3n) is 1.63. The van der Waals surface area contributed by atoms with Gasteiger partial charge in [0, 0.05) is 13.0 Å². The van der Waals surface area contributed by atoms with E-state index in [0.29, 0.717) is 17.4 Å². The first-order valence-electron chi connectivity index (χ1n) is 4.17. The zero-order valence-corrected chi connectivity index (χ0v) is 9.40. The molecular formula is C9H12ClNO2S. The lowest BCUT2D eigenvalue weighted by Gasteiger charge is -2.13. The van der Waals surface area contributed by atoms with Crippen molar-refractivity contribution in [1.29, 1.82) is 0 Å². The van der Waals surface area contributed by atoms with Crippen LogP contribution in [0.5, 0.6) is 0 Å². The number of carbonyl (C=O) groups excluding carboxylic acids is 1. The largest absolute Gasteiger partial charge is 0.383 e. The van der Waals surface area contributed by atoms with Gasteiger partial charge in [-0.3, -0.25) is 4.79 Å². The number of hydrogen-bond donors (Lipinski definition) is 1. The molecule has 0 spiro atoms. The Hall–Kier alpha value is -0.580. The van der Waals surface area contributed by atoms with E-state index in [2.05, 4.69) is 5.32 Å². The first-order valence-corrected chi connectivity index (χ1v) is 5.58. The number of methoxy groups -OCH3 is 1. The molecule has 0 saturated heterocycles. The molecule has 0 bridgehead atoms. The van der Waals surface area contributed by atoms with Crippen LogP contribution in [0.3, 0.4) is 0 Å². The van der Waals surface area contributed by atoms with Gasteiger partial charge in [0.15, 0.2) is 0 Å². The Labute approximate surface area is 92.0 Å². The maximum absolute atomic E-state index is 11.5. The third kappa shape index (κ3) is 3.29. The minimum Gasteiger partial charge on any atom is -0.383 e. The van der Waals surface area contributed by atoms with E-state index >= 15 is 0 Å². The Morgan fingerprint density at radius 3 is 3.07 bits per heavy atom. The molecule has 0 aromatic carbocycles. The highest BCUT2D eigenvalue weighted by Crippen LogP contribution is 2.08. The van der Waals surface area contributed by atoms with Gasteiger partial charge in [-0.2, -0.15) is 0 Å². The average Bonchev–Trinajstić information content (AvgIpc) is 2.69. The van der Waals surface area contributed by atoms with Crippen molar-refractivity contribution in [1.82, 2.24) is 5.32 Å². The summed E-state index contributed by atoms with van der Waals surface area (Å²) < 4.78 is 4.92. The van der Waals surface area contributed by atoms with E-state index in [1.54, 1.807) is 13.2 Å². The SMILES string of the molecule is COCC(CCl)NC(=O)c1cccs1. The first kappa shape index (κ1) is 11.5. The van der Waals surface area contributed by atoms with Crippen LogP contribution >= 0.6 is 22.9 Å². The fourth-order valence-electron chi connectivity index (χ4n) is 0.990. The van der Waals surface area contributed by atoms with Crippen molar-refractivity contribution < 1.29 is 9.53 Å². The average molecular weight is 234 g/mol. The van der Waals surface area contributed by atoms with Gasteiger partial charge in [-0.1, -0.05) is 6.07 Å². The summed E-state index contributed by atoms with van der Waals surface area (Å²) >= 11 is 7.07. The van der Waals surface area contributed by atoms with E-state index in [4.69, 9.17) is 16.3 Å². The Morgan fingerprint density at radius 2 is 2.57 bits per heavy atom. The number of ether oxygens (including phenoxy) is 1. The number of thiophene rings is 1. The predicted octanol–water partition coefficient (Wildman–Crippen LogP) is 1.73. The molecule has 5 heteroatoms. The lowest BCUT2D eigenvalue weighted by molar-refractivity contribution is 0.0911. The molecule has 3 nitrogen and oxygen atoms in total. The zero-order chi connectivity index (χ0) is 10.4. The summed E-state index contributed by atoms with van der Waals surface area (Å²) in [5.41, 5.74) is 0. The lowest BCUT2D eigenvalue weighted by atomic mass is 10.3. The molecule has 1 rings (SSSR count). The number of halogens is 1. The number of rotatable bonds is 5. The van der Waals surface area contributed by atoms with E-state index in [0.717, 1.165) is 0 Å². The van der Waals surface area contributed by atoms with Gasteiger partial charge in [0.25, 0.3) is 5.91 Å². The van der Waals surface area contributed by atoms with Crippen molar-refractivity contribution in [3.63, 3.8) is 0 Å². The van der Waals surface area contributed by atoms with Gasteiger partial charge < -0.3 is 10.1 Å². The molecule has 1 heterocycles. The van der Waals surface area contributed by atoms with E-state index in [-0.39, 0.29) is 11.9 Å². The number of hydrogen-bond acceptors (Lipinski definition) is 3. The fraction of sp³-hybridized carbons (Fsp3) is 0.444. The van der Waals surface area contributed by atoms with Crippen molar-refractivity contribution in [3.8, 4) is 0 Å². The van der Waals surface area contributed by atoms with Gasteiger partial charge in [0.1, 0.15) is 0 Å².